The largest absolute Gasteiger partial charge is 0.396 e. The van der Waals surface area contributed by atoms with Gasteiger partial charge in [-0.05, 0) is 42.2 Å². The molecule has 1 saturated carbocycles. The minimum absolute atomic E-state index is 0.0531. The average molecular weight is 251 g/mol. The maximum Gasteiger partial charge on any atom is 0.244 e. The van der Waals surface area contributed by atoms with E-state index < -0.39 is 0 Å². The van der Waals surface area contributed by atoms with Crippen molar-refractivity contribution in [2.45, 2.75) is 19.3 Å². The molecule has 0 spiro atoms. The number of rotatable bonds is 6. The zero-order valence-corrected chi connectivity index (χ0v) is 10.5. The SMILES string of the molecule is O=C(/C=C/c1cccs1)NCC1(CCO)CC1. The van der Waals surface area contributed by atoms with E-state index in [4.69, 9.17) is 5.11 Å². The molecule has 0 atom stereocenters. The molecule has 17 heavy (non-hydrogen) atoms. The Hall–Kier alpha value is -1.13. The number of nitrogens with one attached hydrogen (secondary N) is 1. The van der Waals surface area contributed by atoms with Crippen molar-refractivity contribution in [3.05, 3.63) is 28.5 Å². The molecule has 3 nitrogen and oxygen atoms in total. The standard InChI is InChI=1S/C13H17NO2S/c15-8-7-13(5-6-13)10-14-12(16)4-3-11-2-1-9-17-11/h1-4,9,15H,5-8,10H2,(H,14,16)/b4-3+. The van der Waals surface area contributed by atoms with Crippen molar-refractivity contribution in [2.75, 3.05) is 13.2 Å². The van der Waals surface area contributed by atoms with Crippen molar-refractivity contribution in [1.82, 2.24) is 5.32 Å². The van der Waals surface area contributed by atoms with Crippen LogP contribution >= 0.6 is 11.3 Å². The van der Waals surface area contributed by atoms with Crippen LogP contribution in [0, 0.1) is 5.41 Å². The lowest BCUT2D eigenvalue weighted by Gasteiger charge is -2.13. The maximum atomic E-state index is 11.6. The van der Waals surface area contributed by atoms with Gasteiger partial charge in [0.15, 0.2) is 0 Å². The second kappa shape index (κ2) is 5.47. The molecular formula is C13H17NO2S. The van der Waals surface area contributed by atoms with E-state index >= 15 is 0 Å². The Morgan fingerprint density at radius 2 is 2.41 bits per heavy atom. The molecule has 0 saturated heterocycles. The fourth-order valence-electron chi connectivity index (χ4n) is 1.81. The van der Waals surface area contributed by atoms with Gasteiger partial charge in [-0.1, -0.05) is 6.07 Å². The Bertz CT molecular complexity index is 394. The maximum absolute atomic E-state index is 11.6. The van der Waals surface area contributed by atoms with Crippen LogP contribution in [0.2, 0.25) is 0 Å². The van der Waals surface area contributed by atoms with Crippen LogP contribution < -0.4 is 5.32 Å². The topological polar surface area (TPSA) is 49.3 Å². The molecule has 1 fully saturated rings. The van der Waals surface area contributed by atoms with Crippen LogP contribution in [0.25, 0.3) is 6.08 Å². The Morgan fingerprint density at radius 3 is 3.00 bits per heavy atom. The number of hydrogen-bond acceptors (Lipinski definition) is 3. The molecule has 1 aromatic rings. The minimum Gasteiger partial charge on any atom is -0.396 e. The molecule has 92 valence electrons. The first-order valence-corrected chi connectivity index (χ1v) is 6.72. The predicted octanol–water partition coefficient (Wildman–Crippen LogP) is 2.04. The van der Waals surface area contributed by atoms with Crippen molar-refractivity contribution >= 4 is 23.3 Å². The lowest BCUT2D eigenvalue weighted by molar-refractivity contribution is -0.116. The first-order valence-electron chi connectivity index (χ1n) is 5.84. The number of carbonyl (C=O) groups excluding carboxylic acids is 1. The van der Waals surface area contributed by atoms with E-state index in [-0.39, 0.29) is 17.9 Å². The van der Waals surface area contributed by atoms with Gasteiger partial charge in [-0.25, -0.2) is 0 Å². The van der Waals surface area contributed by atoms with Crippen molar-refractivity contribution in [3.63, 3.8) is 0 Å². The van der Waals surface area contributed by atoms with E-state index in [9.17, 15) is 4.79 Å². The summed E-state index contributed by atoms with van der Waals surface area (Å²) in [4.78, 5) is 12.6. The van der Waals surface area contributed by atoms with Crippen LogP contribution in [-0.2, 0) is 4.79 Å². The predicted molar refractivity (Wildman–Crippen MR) is 69.7 cm³/mol. The second-order valence-corrected chi connectivity index (χ2v) is 5.52. The van der Waals surface area contributed by atoms with E-state index in [1.54, 1.807) is 17.4 Å². The van der Waals surface area contributed by atoms with E-state index in [0.717, 1.165) is 24.1 Å². The molecule has 0 aliphatic heterocycles. The second-order valence-electron chi connectivity index (χ2n) is 4.54. The third-order valence-corrected chi connectivity index (χ3v) is 4.02. The molecule has 4 heteroatoms. The van der Waals surface area contributed by atoms with Gasteiger partial charge in [0.05, 0.1) is 0 Å². The number of carbonyl (C=O) groups is 1. The molecule has 1 amide bonds. The zero-order chi connectivity index (χ0) is 12.1. The molecule has 0 unspecified atom stereocenters. The van der Waals surface area contributed by atoms with Crippen molar-refractivity contribution < 1.29 is 9.90 Å². The Labute approximate surface area is 105 Å². The first-order chi connectivity index (χ1) is 8.24. The van der Waals surface area contributed by atoms with Gasteiger partial charge in [-0.3, -0.25) is 4.79 Å². The van der Waals surface area contributed by atoms with Gasteiger partial charge in [0.2, 0.25) is 5.91 Å². The molecule has 2 N–H and O–H groups in total. The molecular weight excluding hydrogens is 234 g/mol. The van der Waals surface area contributed by atoms with Gasteiger partial charge in [-0.15, -0.1) is 11.3 Å². The molecule has 2 rings (SSSR count). The van der Waals surface area contributed by atoms with Crippen LogP contribution in [-0.4, -0.2) is 24.2 Å². The summed E-state index contributed by atoms with van der Waals surface area (Å²) in [6, 6.07) is 3.94. The summed E-state index contributed by atoms with van der Waals surface area (Å²) in [7, 11) is 0. The molecule has 1 aliphatic rings. The van der Waals surface area contributed by atoms with Crippen LogP contribution in [0.15, 0.2) is 23.6 Å². The third kappa shape index (κ3) is 3.68. The summed E-state index contributed by atoms with van der Waals surface area (Å²) < 4.78 is 0. The summed E-state index contributed by atoms with van der Waals surface area (Å²) >= 11 is 1.61. The summed E-state index contributed by atoms with van der Waals surface area (Å²) in [5.74, 6) is -0.0531. The number of thiophene rings is 1. The summed E-state index contributed by atoms with van der Waals surface area (Å²) in [6.07, 6.45) is 6.42. The van der Waals surface area contributed by atoms with E-state index in [1.807, 2.05) is 23.6 Å². The summed E-state index contributed by atoms with van der Waals surface area (Å²) in [6.45, 7) is 0.891. The highest BCUT2D eigenvalue weighted by Gasteiger charge is 2.41. The van der Waals surface area contributed by atoms with Crippen LogP contribution in [0.4, 0.5) is 0 Å². The first kappa shape index (κ1) is 12.3. The molecule has 0 aromatic carbocycles. The summed E-state index contributed by atoms with van der Waals surface area (Å²) in [5, 5.41) is 13.8. The fraction of sp³-hybridized carbons (Fsp3) is 0.462. The lowest BCUT2D eigenvalue weighted by atomic mass is 10.0. The quantitative estimate of drug-likeness (QED) is 0.760. The van der Waals surface area contributed by atoms with Gasteiger partial charge in [0.1, 0.15) is 0 Å². The van der Waals surface area contributed by atoms with Crippen molar-refractivity contribution in [3.8, 4) is 0 Å². The molecule has 0 bridgehead atoms. The van der Waals surface area contributed by atoms with Gasteiger partial charge in [0.25, 0.3) is 0 Å². The summed E-state index contributed by atoms with van der Waals surface area (Å²) in [5.41, 5.74) is 0.182. The van der Waals surface area contributed by atoms with Crippen LogP contribution in [0.5, 0.6) is 0 Å². The van der Waals surface area contributed by atoms with Crippen LogP contribution in [0.1, 0.15) is 24.1 Å². The van der Waals surface area contributed by atoms with E-state index in [1.165, 1.54) is 0 Å². The van der Waals surface area contributed by atoms with Gasteiger partial charge >= 0.3 is 0 Å². The van der Waals surface area contributed by atoms with Gasteiger partial charge < -0.3 is 10.4 Å². The van der Waals surface area contributed by atoms with Crippen molar-refractivity contribution in [1.29, 1.82) is 0 Å². The molecule has 1 aliphatic carbocycles. The highest BCUT2D eigenvalue weighted by molar-refractivity contribution is 7.10. The number of amides is 1. The fourth-order valence-corrected chi connectivity index (χ4v) is 2.42. The minimum atomic E-state index is -0.0531. The Morgan fingerprint density at radius 1 is 1.59 bits per heavy atom. The van der Waals surface area contributed by atoms with E-state index in [2.05, 4.69) is 5.32 Å². The highest BCUT2D eigenvalue weighted by atomic mass is 32.1. The number of aliphatic hydroxyl groups excluding tert-OH is 1. The monoisotopic (exact) mass is 251 g/mol. The number of hydrogen-bond donors (Lipinski definition) is 2. The molecule has 0 radical (unpaired) electrons. The van der Waals surface area contributed by atoms with E-state index in [0.29, 0.717) is 6.54 Å². The smallest absolute Gasteiger partial charge is 0.244 e. The Balaban J connectivity index is 1.75. The van der Waals surface area contributed by atoms with Crippen molar-refractivity contribution in [2.24, 2.45) is 5.41 Å². The number of aliphatic hydroxyl groups is 1. The average Bonchev–Trinajstić information content (AvgIpc) is 2.90. The molecule has 1 heterocycles. The Kier molecular flexibility index (Phi) is 3.97. The third-order valence-electron chi connectivity index (χ3n) is 3.18. The molecule has 1 aromatic heterocycles. The van der Waals surface area contributed by atoms with Crippen LogP contribution in [0.3, 0.4) is 0 Å². The zero-order valence-electron chi connectivity index (χ0n) is 9.69. The highest BCUT2D eigenvalue weighted by Crippen LogP contribution is 2.47. The normalized spacial score (nSPS) is 17.2. The lowest BCUT2D eigenvalue weighted by Crippen LogP contribution is -2.29. The van der Waals surface area contributed by atoms with Gasteiger partial charge in [0, 0.05) is 24.1 Å². The van der Waals surface area contributed by atoms with Gasteiger partial charge in [-0.2, -0.15) is 0 Å².